The lowest BCUT2D eigenvalue weighted by atomic mass is 9.61. The number of hydrogen-bond acceptors (Lipinski definition) is 4. The molecule has 39 heavy (non-hydrogen) atoms. The van der Waals surface area contributed by atoms with E-state index in [2.05, 4.69) is 88.9 Å². The predicted molar refractivity (Wildman–Crippen MR) is 159 cm³/mol. The van der Waals surface area contributed by atoms with Crippen LogP contribution >= 0.6 is 0 Å². The molecule has 3 aliphatic rings. The number of ether oxygens (including phenoxy) is 2. The Labute approximate surface area is 236 Å². The highest BCUT2D eigenvalue weighted by molar-refractivity contribution is 5.39. The molecule has 1 aromatic carbocycles. The molecule has 4 nitrogen and oxygen atoms in total. The van der Waals surface area contributed by atoms with Crippen LogP contribution in [-0.4, -0.2) is 41.9 Å². The molecule has 0 heterocycles. The molecule has 0 radical (unpaired) electrons. The summed E-state index contributed by atoms with van der Waals surface area (Å²) in [6.45, 7) is 13.6. The normalized spacial score (nSPS) is 33.6. The topological polar surface area (TPSA) is 58.9 Å². The molecule has 0 amide bonds. The van der Waals surface area contributed by atoms with E-state index in [0.717, 1.165) is 17.6 Å². The van der Waals surface area contributed by atoms with E-state index in [0.29, 0.717) is 30.6 Å². The van der Waals surface area contributed by atoms with Gasteiger partial charge in [-0.2, -0.15) is 0 Å². The first-order valence-corrected chi connectivity index (χ1v) is 14.9. The lowest BCUT2D eigenvalue weighted by Crippen LogP contribution is -2.36. The van der Waals surface area contributed by atoms with Gasteiger partial charge in [0.2, 0.25) is 0 Å². The Morgan fingerprint density at radius 2 is 1.87 bits per heavy atom. The lowest BCUT2D eigenvalue weighted by molar-refractivity contribution is -0.119. The Hall–Kier alpha value is -1.98. The number of rotatable bonds is 9. The van der Waals surface area contributed by atoms with E-state index in [-0.39, 0.29) is 18.1 Å². The molecule has 3 saturated carbocycles. The minimum Gasteiger partial charge on any atom is -0.393 e. The van der Waals surface area contributed by atoms with Crippen molar-refractivity contribution >= 4 is 0 Å². The molecule has 0 aromatic heterocycles. The van der Waals surface area contributed by atoms with E-state index in [1.807, 2.05) is 0 Å². The molecule has 0 spiro atoms. The van der Waals surface area contributed by atoms with Gasteiger partial charge >= 0.3 is 0 Å². The van der Waals surface area contributed by atoms with Crippen molar-refractivity contribution in [1.82, 2.24) is 0 Å². The summed E-state index contributed by atoms with van der Waals surface area (Å²) in [6, 6.07) is 10.6. The summed E-state index contributed by atoms with van der Waals surface area (Å²) in [7, 11) is 1.67. The number of aliphatic hydroxyl groups excluding tert-OH is 2. The largest absolute Gasteiger partial charge is 0.393 e. The SMILES string of the molecule is C=C1/C(=C\C=C2/CCC[C@]3(C)[C@@H]([C@H](C)/C=C/[C@H](c4ccccc4)C(C)(C)OCOC)CC[C@@H]23)C[C@@H](O)C[C@@H]1O. The van der Waals surface area contributed by atoms with E-state index in [9.17, 15) is 10.2 Å². The van der Waals surface area contributed by atoms with Crippen molar-refractivity contribution in [1.29, 1.82) is 0 Å². The summed E-state index contributed by atoms with van der Waals surface area (Å²) in [6.07, 6.45) is 15.2. The zero-order valence-electron chi connectivity index (χ0n) is 24.7. The maximum atomic E-state index is 10.3. The quantitative estimate of drug-likeness (QED) is 0.254. The first kappa shape index (κ1) is 30.0. The van der Waals surface area contributed by atoms with E-state index in [1.165, 1.54) is 36.8 Å². The number of allylic oxidation sites excluding steroid dienone is 4. The van der Waals surface area contributed by atoms with Crippen LogP contribution in [0.25, 0.3) is 0 Å². The van der Waals surface area contributed by atoms with Gasteiger partial charge in [0.05, 0.1) is 17.8 Å². The predicted octanol–water partition coefficient (Wildman–Crippen LogP) is 7.50. The number of hydrogen-bond donors (Lipinski definition) is 2. The molecule has 1 aromatic rings. The van der Waals surface area contributed by atoms with Gasteiger partial charge in [-0.1, -0.05) is 80.6 Å². The third-order valence-electron chi connectivity index (χ3n) is 10.0. The summed E-state index contributed by atoms with van der Waals surface area (Å²) >= 11 is 0. The summed E-state index contributed by atoms with van der Waals surface area (Å²) in [5.41, 5.74) is 4.44. The Morgan fingerprint density at radius 1 is 1.13 bits per heavy atom. The highest BCUT2D eigenvalue weighted by atomic mass is 16.7. The van der Waals surface area contributed by atoms with Crippen LogP contribution in [0.3, 0.4) is 0 Å². The molecule has 3 aliphatic carbocycles. The smallest absolute Gasteiger partial charge is 0.147 e. The van der Waals surface area contributed by atoms with Gasteiger partial charge in [0, 0.05) is 19.4 Å². The van der Waals surface area contributed by atoms with Crippen LogP contribution in [0, 0.1) is 23.2 Å². The average molecular weight is 535 g/mol. The number of methoxy groups -OCH3 is 1. The van der Waals surface area contributed by atoms with Gasteiger partial charge < -0.3 is 19.7 Å². The van der Waals surface area contributed by atoms with Crippen LogP contribution in [-0.2, 0) is 9.47 Å². The average Bonchev–Trinajstić information content (AvgIpc) is 3.26. The summed E-state index contributed by atoms with van der Waals surface area (Å²) in [5, 5.41) is 20.4. The van der Waals surface area contributed by atoms with E-state index in [1.54, 1.807) is 7.11 Å². The second-order valence-electron chi connectivity index (χ2n) is 13.0. The van der Waals surface area contributed by atoms with Crippen LogP contribution in [0.2, 0.25) is 0 Å². The number of benzene rings is 1. The molecule has 0 unspecified atom stereocenters. The zero-order valence-corrected chi connectivity index (χ0v) is 24.7. The minimum absolute atomic E-state index is 0.129. The zero-order chi connectivity index (χ0) is 28.2. The molecule has 0 aliphatic heterocycles. The first-order chi connectivity index (χ1) is 18.6. The van der Waals surface area contributed by atoms with Crippen LogP contribution < -0.4 is 0 Å². The van der Waals surface area contributed by atoms with E-state index in [4.69, 9.17) is 9.47 Å². The van der Waals surface area contributed by atoms with Crippen molar-refractivity contribution in [2.45, 2.75) is 96.4 Å². The van der Waals surface area contributed by atoms with Crippen molar-refractivity contribution in [3.63, 3.8) is 0 Å². The van der Waals surface area contributed by atoms with Crippen LogP contribution in [0.4, 0.5) is 0 Å². The molecular formula is C35H50O4. The van der Waals surface area contributed by atoms with Crippen LogP contribution in [0.5, 0.6) is 0 Å². The van der Waals surface area contributed by atoms with Crippen molar-refractivity contribution < 1.29 is 19.7 Å². The molecule has 7 atom stereocenters. The van der Waals surface area contributed by atoms with E-state index >= 15 is 0 Å². The molecule has 4 heteroatoms. The Balaban J connectivity index is 1.53. The fourth-order valence-electron chi connectivity index (χ4n) is 7.73. The van der Waals surface area contributed by atoms with E-state index < -0.39 is 17.8 Å². The maximum Gasteiger partial charge on any atom is 0.147 e. The molecule has 3 fully saturated rings. The van der Waals surface area contributed by atoms with Crippen molar-refractivity contribution in [2.75, 3.05) is 13.9 Å². The summed E-state index contributed by atoms with van der Waals surface area (Å²) in [5.74, 6) is 1.81. The molecule has 0 saturated heterocycles. The van der Waals surface area contributed by atoms with Gasteiger partial charge in [0.1, 0.15) is 6.79 Å². The van der Waals surface area contributed by atoms with Gasteiger partial charge in [0.15, 0.2) is 0 Å². The van der Waals surface area contributed by atoms with Gasteiger partial charge in [-0.3, -0.25) is 0 Å². The fraction of sp³-hybridized carbons (Fsp3) is 0.600. The Bertz CT molecular complexity index is 1070. The number of fused-ring (bicyclic) bond motifs is 1. The Morgan fingerprint density at radius 3 is 2.59 bits per heavy atom. The maximum absolute atomic E-state index is 10.3. The highest BCUT2D eigenvalue weighted by Gasteiger charge is 2.50. The number of aliphatic hydroxyl groups is 2. The molecule has 4 rings (SSSR count). The minimum atomic E-state index is -0.636. The van der Waals surface area contributed by atoms with Gasteiger partial charge in [0.25, 0.3) is 0 Å². The Kier molecular flexibility index (Phi) is 9.75. The third-order valence-corrected chi connectivity index (χ3v) is 10.0. The second-order valence-corrected chi connectivity index (χ2v) is 13.0. The fourth-order valence-corrected chi connectivity index (χ4v) is 7.73. The van der Waals surface area contributed by atoms with Crippen LogP contribution in [0.1, 0.15) is 84.1 Å². The highest BCUT2D eigenvalue weighted by Crippen LogP contribution is 2.59. The standard InChI is InChI=1S/C35H50O4/c1-24(14-17-31(26-11-8-7-9-12-26)34(3,4)39-23-38-6)30-18-19-32-27(13-10-20-35(30,32)5)15-16-28-21-29(36)22-33(37)25(28)2/h7-9,11-12,14-17,24,29-33,36-37H,2,10,13,18-23H2,1,3-6H3/b17-14+,27-15+,28-16-/t24-,29-,30-,31-,32+,33+,35-/m1/s1. The third kappa shape index (κ3) is 6.68. The van der Waals surface area contributed by atoms with Crippen molar-refractivity contribution in [3.05, 3.63) is 83.5 Å². The lowest BCUT2D eigenvalue weighted by Gasteiger charge is -2.44. The summed E-state index contributed by atoms with van der Waals surface area (Å²) < 4.78 is 11.4. The molecule has 2 N–H and O–H groups in total. The van der Waals surface area contributed by atoms with Crippen LogP contribution in [0.15, 0.2) is 77.9 Å². The van der Waals surface area contributed by atoms with Crippen molar-refractivity contribution in [3.8, 4) is 0 Å². The molecule has 0 bridgehead atoms. The van der Waals surface area contributed by atoms with Gasteiger partial charge in [-0.15, -0.1) is 0 Å². The second kappa shape index (κ2) is 12.7. The monoisotopic (exact) mass is 534 g/mol. The first-order valence-electron chi connectivity index (χ1n) is 14.9. The molecule has 214 valence electrons. The van der Waals surface area contributed by atoms with Gasteiger partial charge in [-0.25, -0.2) is 0 Å². The summed E-state index contributed by atoms with van der Waals surface area (Å²) in [4.78, 5) is 0. The molecular weight excluding hydrogens is 484 g/mol. The van der Waals surface area contributed by atoms with Gasteiger partial charge in [-0.05, 0) is 92.3 Å². The van der Waals surface area contributed by atoms with Crippen molar-refractivity contribution in [2.24, 2.45) is 23.2 Å².